The molecular formula is C20H24FN3O6. The first-order chi connectivity index (χ1) is 14.4. The van der Waals surface area contributed by atoms with Crippen molar-refractivity contribution in [3.05, 3.63) is 17.4 Å². The Morgan fingerprint density at radius 1 is 1.13 bits per heavy atom. The van der Waals surface area contributed by atoms with Crippen molar-refractivity contribution in [1.29, 1.82) is 0 Å². The predicted molar refractivity (Wildman–Crippen MR) is 104 cm³/mol. The fourth-order valence-electron chi connectivity index (χ4n) is 4.42. The number of carbonyl (C=O) groups is 1. The van der Waals surface area contributed by atoms with E-state index in [2.05, 4.69) is 5.16 Å². The van der Waals surface area contributed by atoms with E-state index in [0.29, 0.717) is 42.9 Å². The summed E-state index contributed by atoms with van der Waals surface area (Å²) in [6.45, 7) is 7.85. The molecule has 1 amide bonds. The van der Waals surface area contributed by atoms with Crippen LogP contribution >= 0.6 is 0 Å². The number of fused-ring (bicyclic) bond motifs is 1. The van der Waals surface area contributed by atoms with Gasteiger partial charge in [-0.25, -0.2) is 9.18 Å². The molecule has 3 aliphatic rings. The summed E-state index contributed by atoms with van der Waals surface area (Å²) in [4.78, 5) is 15.5. The topological polar surface area (TPSA) is 86.5 Å². The number of hydrogen-bond acceptors (Lipinski definition) is 8. The number of halogens is 1. The first-order valence-corrected chi connectivity index (χ1v) is 10.2. The number of aromatic nitrogens is 1. The maximum Gasteiger partial charge on any atom is 0.416 e. The van der Waals surface area contributed by atoms with E-state index in [1.54, 1.807) is 6.07 Å². The summed E-state index contributed by atoms with van der Waals surface area (Å²) < 4.78 is 43.5. The first kappa shape index (κ1) is 19.5. The van der Waals surface area contributed by atoms with Gasteiger partial charge < -0.3 is 28.4 Å². The molecule has 162 valence electrons. The maximum absolute atomic E-state index is 15.9. The van der Waals surface area contributed by atoms with Gasteiger partial charge in [-0.1, -0.05) is 5.16 Å². The number of carbonyl (C=O) groups excluding carboxylic acids is 1. The van der Waals surface area contributed by atoms with Crippen LogP contribution < -0.4 is 9.80 Å². The number of ether oxygens (including phenoxy) is 4. The lowest BCUT2D eigenvalue weighted by Gasteiger charge is -2.38. The fourth-order valence-corrected chi connectivity index (χ4v) is 4.42. The second kappa shape index (κ2) is 7.36. The number of anilines is 2. The van der Waals surface area contributed by atoms with E-state index in [9.17, 15) is 4.79 Å². The Bertz CT molecular complexity index is 965. The van der Waals surface area contributed by atoms with Gasteiger partial charge in [0.15, 0.2) is 17.9 Å². The van der Waals surface area contributed by atoms with Crippen molar-refractivity contribution < 1.29 is 32.7 Å². The largest absolute Gasteiger partial charge is 0.447 e. The molecule has 3 saturated heterocycles. The highest BCUT2D eigenvalue weighted by Gasteiger charge is 2.38. The molecule has 1 aromatic carbocycles. The number of morpholine rings is 1. The molecule has 10 heteroatoms. The minimum atomic E-state index is -0.710. The van der Waals surface area contributed by atoms with E-state index in [0.717, 1.165) is 0 Å². The second-order valence-corrected chi connectivity index (χ2v) is 8.04. The van der Waals surface area contributed by atoms with Crippen LogP contribution in [0, 0.1) is 5.82 Å². The van der Waals surface area contributed by atoms with Crippen molar-refractivity contribution in [3.8, 4) is 0 Å². The Morgan fingerprint density at radius 3 is 2.47 bits per heavy atom. The molecule has 0 N–H and O–H groups in total. The molecule has 0 radical (unpaired) electrons. The third-order valence-corrected chi connectivity index (χ3v) is 5.61. The average Bonchev–Trinajstić information content (AvgIpc) is 3.42. The molecule has 4 heterocycles. The normalized spacial score (nSPS) is 28.0. The Kier molecular flexibility index (Phi) is 4.79. The van der Waals surface area contributed by atoms with Crippen LogP contribution in [0.15, 0.2) is 10.6 Å². The smallest absolute Gasteiger partial charge is 0.416 e. The maximum atomic E-state index is 15.9. The Hall–Kier alpha value is -2.43. The molecule has 3 fully saturated rings. The molecule has 0 unspecified atom stereocenters. The molecular weight excluding hydrogens is 397 g/mol. The molecule has 0 aliphatic carbocycles. The van der Waals surface area contributed by atoms with E-state index in [-0.39, 0.29) is 36.3 Å². The summed E-state index contributed by atoms with van der Waals surface area (Å²) in [7, 11) is 0. The minimum Gasteiger partial charge on any atom is -0.447 e. The van der Waals surface area contributed by atoms with Gasteiger partial charge in [0.05, 0.1) is 42.5 Å². The van der Waals surface area contributed by atoms with E-state index in [1.165, 1.54) is 4.90 Å². The molecule has 30 heavy (non-hydrogen) atoms. The van der Waals surface area contributed by atoms with Crippen molar-refractivity contribution in [2.24, 2.45) is 0 Å². The second-order valence-electron chi connectivity index (χ2n) is 8.04. The van der Waals surface area contributed by atoms with Crippen LogP contribution in [0.1, 0.15) is 32.6 Å². The quantitative estimate of drug-likeness (QED) is 0.748. The number of amides is 1. The zero-order valence-corrected chi connectivity index (χ0v) is 17.1. The van der Waals surface area contributed by atoms with Crippen LogP contribution in [0.3, 0.4) is 0 Å². The average molecular weight is 421 g/mol. The van der Waals surface area contributed by atoms with Crippen molar-refractivity contribution in [3.63, 3.8) is 0 Å². The lowest BCUT2D eigenvalue weighted by atomic mass is 10.0. The highest BCUT2D eigenvalue weighted by molar-refractivity contribution is 6.01. The Morgan fingerprint density at radius 2 is 1.83 bits per heavy atom. The summed E-state index contributed by atoms with van der Waals surface area (Å²) in [6, 6.07) is 1.51. The summed E-state index contributed by atoms with van der Waals surface area (Å²) in [5, 5.41) is 4.39. The number of nitrogens with zero attached hydrogens (tertiary/aromatic N) is 3. The third-order valence-electron chi connectivity index (χ3n) is 5.61. The number of cyclic esters (lactones) is 1. The van der Waals surface area contributed by atoms with E-state index in [1.807, 2.05) is 25.7 Å². The van der Waals surface area contributed by atoms with Gasteiger partial charge in [-0.2, -0.15) is 0 Å². The van der Waals surface area contributed by atoms with E-state index >= 15 is 4.39 Å². The van der Waals surface area contributed by atoms with Crippen molar-refractivity contribution in [2.45, 2.75) is 45.3 Å². The highest BCUT2D eigenvalue weighted by Crippen LogP contribution is 2.42. The zero-order valence-electron chi connectivity index (χ0n) is 17.1. The fraction of sp³-hybridized carbons (Fsp3) is 0.600. The standard InChI is InChI=1S/C20H24FN3O6/c1-10-9-28-20(25)24(10)18-14-6-13(19-26-4-5-27-19)16(15(21)17(14)30-22-18)23-7-11(2)29-12(3)8-23/h6,10-12,19H,4-5,7-9H2,1-3H3/t10-,11-,12+/m1/s1. The van der Waals surface area contributed by atoms with Crippen LogP contribution in [-0.2, 0) is 18.9 Å². The number of benzene rings is 1. The monoisotopic (exact) mass is 421 g/mol. The van der Waals surface area contributed by atoms with Gasteiger partial charge in [-0.05, 0) is 26.8 Å². The van der Waals surface area contributed by atoms with Gasteiger partial charge in [0.25, 0.3) is 0 Å². The van der Waals surface area contributed by atoms with Crippen LogP contribution in [0.25, 0.3) is 11.0 Å². The van der Waals surface area contributed by atoms with Crippen molar-refractivity contribution in [2.75, 3.05) is 42.7 Å². The van der Waals surface area contributed by atoms with Gasteiger partial charge in [0, 0.05) is 18.7 Å². The van der Waals surface area contributed by atoms with Gasteiger partial charge in [0.2, 0.25) is 5.58 Å². The van der Waals surface area contributed by atoms with Crippen molar-refractivity contribution in [1.82, 2.24) is 5.16 Å². The molecule has 9 nitrogen and oxygen atoms in total. The van der Waals surface area contributed by atoms with Gasteiger partial charge >= 0.3 is 6.09 Å². The Balaban J connectivity index is 1.67. The predicted octanol–water partition coefficient (Wildman–Crippen LogP) is 2.97. The number of rotatable bonds is 3. The SMILES string of the molecule is C[C@@H]1CN(c2c(C3OCCO3)cc3c(N4C(=O)OC[C@H]4C)noc3c2F)C[C@H](C)O1. The van der Waals surface area contributed by atoms with E-state index in [4.69, 9.17) is 23.5 Å². The van der Waals surface area contributed by atoms with Crippen LogP contribution in [0.5, 0.6) is 0 Å². The van der Waals surface area contributed by atoms with Gasteiger partial charge in [-0.15, -0.1) is 0 Å². The zero-order chi connectivity index (χ0) is 21.0. The molecule has 3 atom stereocenters. The minimum absolute atomic E-state index is 0.0135. The molecule has 2 aromatic rings. The van der Waals surface area contributed by atoms with Crippen LogP contribution in [0.2, 0.25) is 0 Å². The first-order valence-electron chi connectivity index (χ1n) is 10.2. The van der Waals surface area contributed by atoms with Crippen LogP contribution in [0.4, 0.5) is 20.7 Å². The molecule has 5 rings (SSSR count). The lowest BCUT2D eigenvalue weighted by molar-refractivity contribution is -0.0445. The van der Waals surface area contributed by atoms with Crippen molar-refractivity contribution >= 4 is 28.6 Å². The molecule has 0 bridgehead atoms. The Labute approximate surface area is 172 Å². The van der Waals surface area contributed by atoms with Gasteiger partial charge in [-0.3, -0.25) is 4.90 Å². The highest BCUT2D eigenvalue weighted by atomic mass is 19.1. The molecule has 3 aliphatic heterocycles. The summed E-state index contributed by atoms with van der Waals surface area (Å²) in [5.41, 5.74) is 0.889. The summed E-state index contributed by atoms with van der Waals surface area (Å²) >= 11 is 0. The van der Waals surface area contributed by atoms with Crippen LogP contribution in [-0.4, -0.2) is 62.4 Å². The molecule has 0 saturated carbocycles. The van der Waals surface area contributed by atoms with Gasteiger partial charge in [0.1, 0.15) is 6.61 Å². The van der Waals surface area contributed by atoms with E-state index < -0.39 is 18.2 Å². The molecule has 1 aromatic heterocycles. The number of hydrogen-bond donors (Lipinski definition) is 0. The summed E-state index contributed by atoms with van der Waals surface area (Å²) in [5.74, 6) is -0.324. The third kappa shape index (κ3) is 3.10. The summed E-state index contributed by atoms with van der Waals surface area (Å²) in [6.07, 6.45) is -1.37. The molecule has 0 spiro atoms. The lowest BCUT2D eigenvalue weighted by Crippen LogP contribution is -2.46.